The van der Waals surface area contributed by atoms with Gasteiger partial charge in [-0.05, 0) is 32.2 Å². The maximum absolute atomic E-state index is 12.8. The Balaban J connectivity index is 0.00000312. The van der Waals surface area contributed by atoms with E-state index in [4.69, 9.17) is 10.5 Å². The molecule has 2 aliphatic heterocycles. The summed E-state index contributed by atoms with van der Waals surface area (Å²) in [7, 11) is 0. The minimum atomic E-state index is -0.269. The number of unbranched alkanes of at least 4 members (excludes halogenated alkanes) is 1. The largest absolute Gasteiger partial charge is 0.378 e. The summed E-state index contributed by atoms with van der Waals surface area (Å²) >= 11 is 1.68. The van der Waals surface area contributed by atoms with E-state index in [1.165, 1.54) is 0 Å². The molecule has 0 aliphatic carbocycles. The van der Waals surface area contributed by atoms with Gasteiger partial charge in [-0.1, -0.05) is 13.3 Å². The van der Waals surface area contributed by atoms with Crippen molar-refractivity contribution in [3.05, 3.63) is 0 Å². The Bertz CT molecular complexity index is 420. The summed E-state index contributed by atoms with van der Waals surface area (Å²) in [5, 5.41) is 0. The quantitative estimate of drug-likeness (QED) is 0.637. The Morgan fingerprint density at radius 2 is 1.96 bits per heavy atom. The number of nitrogens with zero attached hydrogens (tertiary/aromatic N) is 2. The van der Waals surface area contributed by atoms with E-state index in [-0.39, 0.29) is 36.4 Å². The molecular formula is C17H32ClN3O3S. The number of carbonyl (C=O) groups excluding carboxylic acids is 2. The summed E-state index contributed by atoms with van der Waals surface area (Å²) in [6.07, 6.45) is 5.32. The van der Waals surface area contributed by atoms with Crippen molar-refractivity contribution in [1.29, 1.82) is 0 Å². The van der Waals surface area contributed by atoms with E-state index in [1.54, 1.807) is 16.7 Å². The Labute approximate surface area is 161 Å². The molecule has 2 N–H and O–H groups in total. The minimum absolute atomic E-state index is 0. The lowest BCUT2D eigenvalue weighted by Crippen LogP contribution is -2.51. The molecular weight excluding hydrogens is 362 g/mol. The molecule has 0 spiro atoms. The molecule has 2 fully saturated rings. The van der Waals surface area contributed by atoms with Gasteiger partial charge in [-0.25, -0.2) is 0 Å². The van der Waals surface area contributed by atoms with Gasteiger partial charge in [-0.2, -0.15) is 0 Å². The monoisotopic (exact) mass is 393 g/mol. The van der Waals surface area contributed by atoms with Crippen molar-refractivity contribution >= 4 is 36.0 Å². The number of likely N-dealkylation sites (tertiary alicyclic amines) is 1. The topological polar surface area (TPSA) is 75.9 Å². The summed E-state index contributed by atoms with van der Waals surface area (Å²) in [5.41, 5.74) is 5.48. The third-order valence-corrected chi connectivity index (χ3v) is 5.70. The van der Waals surface area contributed by atoms with Crippen molar-refractivity contribution in [2.75, 3.05) is 37.9 Å². The van der Waals surface area contributed by atoms with Crippen LogP contribution in [-0.2, 0) is 14.3 Å². The standard InChI is InChI=1S/C17H31N3O3S.ClH/c1-2-3-5-16(21)20-13-24-12-15(20)17(22)19-9-6-14(7-10-19)23-11-4-8-18;/h14-15H,2-13,18H2,1H3;1H. The van der Waals surface area contributed by atoms with Crippen LogP contribution in [0.25, 0.3) is 0 Å². The summed E-state index contributed by atoms with van der Waals surface area (Å²) in [5.74, 6) is 1.62. The van der Waals surface area contributed by atoms with Crippen molar-refractivity contribution in [1.82, 2.24) is 9.80 Å². The van der Waals surface area contributed by atoms with Crippen molar-refractivity contribution in [2.45, 2.75) is 57.6 Å². The molecule has 2 saturated heterocycles. The number of piperidine rings is 1. The molecule has 0 aromatic carbocycles. The summed E-state index contributed by atoms with van der Waals surface area (Å²) in [4.78, 5) is 28.8. The second-order valence-corrected chi connectivity index (χ2v) is 7.52. The predicted molar refractivity (Wildman–Crippen MR) is 104 cm³/mol. The zero-order valence-corrected chi connectivity index (χ0v) is 16.8. The number of hydrogen-bond donors (Lipinski definition) is 1. The van der Waals surface area contributed by atoms with Gasteiger partial charge in [0.25, 0.3) is 0 Å². The van der Waals surface area contributed by atoms with E-state index in [2.05, 4.69) is 6.92 Å². The number of ether oxygens (including phenoxy) is 1. The van der Waals surface area contributed by atoms with Crippen molar-refractivity contribution < 1.29 is 14.3 Å². The molecule has 2 amide bonds. The van der Waals surface area contributed by atoms with Gasteiger partial charge in [-0.15, -0.1) is 24.2 Å². The number of amides is 2. The van der Waals surface area contributed by atoms with Gasteiger partial charge >= 0.3 is 0 Å². The predicted octanol–water partition coefficient (Wildman–Crippen LogP) is 1.86. The van der Waals surface area contributed by atoms with E-state index < -0.39 is 0 Å². The van der Waals surface area contributed by atoms with E-state index in [9.17, 15) is 9.59 Å². The van der Waals surface area contributed by atoms with Crippen LogP contribution in [0.4, 0.5) is 0 Å². The van der Waals surface area contributed by atoms with Crippen LogP contribution in [0.2, 0.25) is 0 Å². The third-order valence-electron chi connectivity index (χ3n) is 4.69. The fourth-order valence-corrected chi connectivity index (χ4v) is 4.32. The fourth-order valence-electron chi connectivity index (χ4n) is 3.15. The van der Waals surface area contributed by atoms with Gasteiger partial charge in [0.2, 0.25) is 11.8 Å². The molecule has 0 radical (unpaired) electrons. The van der Waals surface area contributed by atoms with Gasteiger partial charge in [0.15, 0.2) is 0 Å². The number of rotatable bonds is 8. The molecule has 8 heteroatoms. The Morgan fingerprint density at radius 1 is 1.24 bits per heavy atom. The molecule has 0 bridgehead atoms. The van der Waals surface area contributed by atoms with Gasteiger partial charge in [0.1, 0.15) is 6.04 Å². The zero-order valence-electron chi connectivity index (χ0n) is 15.2. The molecule has 1 atom stereocenters. The minimum Gasteiger partial charge on any atom is -0.378 e. The molecule has 25 heavy (non-hydrogen) atoms. The summed E-state index contributed by atoms with van der Waals surface area (Å²) in [6.45, 7) is 4.88. The lowest BCUT2D eigenvalue weighted by Gasteiger charge is -2.35. The van der Waals surface area contributed by atoms with Crippen LogP contribution in [0.15, 0.2) is 0 Å². The molecule has 2 rings (SSSR count). The van der Waals surface area contributed by atoms with E-state index in [0.29, 0.717) is 25.4 Å². The normalized spacial score (nSPS) is 21.3. The first-order chi connectivity index (χ1) is 11.7. The number of nitrogens with two attached hydrogens (primary N) is 1. The Hall–Kier alpha value is -0.500. The van der Waals surface area contributed by atoms with E-state index in [0.717, 1.165) is 50.9 Å². The molecule has 0 saturated carbocycles. The number of halogens is 1. The van der Waals surface area contributed by atoms with Crippen LogP contribution < -0.4 is 5.73 Å². The lowest BCUT2D eigenvalue weighted by molar-refractivity contribution is -0.145. The van der Waals surface area contributed by atoms with E-state index in [1.807, 2.05) is 4.90 Å². The molecule has 0 aromatic rings. The number of carbonyl (C=O) groups is 2. The highest BCUT2D eigenvalue weighted by Gasteiger charge is 2.37. The molecule has 146 valence electrons. The highest BCUT2D eigenvalue weighted by molar-refractivity contribution is 7.99. The highest BCUT2D eigenvalue weighted by Crippen LogP contribution is 2.25. The zero-order chi connectivity index (χ0) is 17.4. The number of thioether (sulfide) groups is 1. The van der Waals surface area contributed by atoms with Crippen molar-refractivity contribution in [3.8, 4) is 0 Å². The average molecular weight is 394 g/mol. The van der Waals surface area contributed by atoms with Crippen LogP contribution in [0.5, 0.6) is 0 Å². The fraction of sp³-hybridized carbons (Fsp3) is 0.882. The maximum atomic E-state index is 12.8. The molecule has 2 aliphatic rings. The van der Waals surface area contributed by atoms with Crippen LogP contribution in [0, 0.1) is 0 Å². The lowest BCUT2D eigenvalue weighted by atomic mass is 10.1. The smallest absolute Gasteiger partial charge is 0.246 e. The molecule has 2 heterocycles. The number of hydrogen-bond acceptors (Lipinski definition) is 5. The Morgan fingerprint density at radius 3 is 2.60 bits per heavy atom. The van der Waals surface area contributed by atoms with Gasteiger partial charge in [-0.3, -0.25) is 9.59 Å². The molecule has 1 unspecified atom stereocenters. The van der Waals surface area contributed by atoms with Gasteiger partial charge in [0, 0.05) is 31.9 Å². The third kappa shape index (κ3) is 6.62. The maximum Gasteiger partial charge on any atom is 0.246 e. The van der Waals surface area contributed by atoms with Gasteiger partial charge < -0.3 is 20.3 Å². The van der Waals surface area contributed by atoms with Crippen molar-refractivity contribution in [2.24, 2.45) is 5.73 Å². The molecule has 6 nitrogen and oxygen atoms in total. The van der Waals surface area contributed by atoms with Crippen LogP contribution in [0.3, 0.4) is 0 Å². The summed E-state index contributed by atoms with van der Waals surface area (Å²) < 4.78 is 5.79. The second kappa shape index (κ2) is 12.0. The Kier molecular flexibility index (Phi) is 10.8. The second-order valence-electron chi connectivity index (χ2n) is 6.52. The van der Waals surface area contributed by atoms with Crippen LogP contribution >= 0.6 is 24.2 Å². The van der Waals surface area contributed by atoms with Crippen molar-refractivity contribution in [3.63, 3.8) is 0 Å². The first-order valence-electron chi connectivity index (χ1n) is 9.15. The highest BCUT2D eigenvalue weighted by atomic mass is 35.5. The first kappa shape index (κ1) is 22.5. The molecule has 0 aromatic heterocycles. The average Bonchev–Trinajstić information content (AvgIpc) is 3.09. The SMILES string of the molecule is CCCCC(=O)N1CSCC1C(=O)N1CCC(OCCCN)CC1.Cl. The first-order valence-corrected chi connectivity index (χ1v) is 10.3. The van der Waals surface area contributed by atoms with Crippen LogP contribution in [0.1, 0.15) is 45.4 Å². The van der Waals surface area contributed by atoms with E-state index >= 15 is 0 Å². The summed E-state index contributed by atoms with van der Waals surface area (Å²) in [6, 6.07) is -0.269. The van der Waals surface area contributed by atoms with Gasteiger partial charge in [0.05, 0.1) is 12.0 Å². The van der Waals surface area contributed by atoms with Crippen LogP contribution in [-0.4, -0.2) is 71.6 Å².